The van der Waals surface area contributed by atoms with Crippen LogP contribution in [0.5, 0.6) is 0 Å². The summed E-state index contributed by atoms with van der Waals surface area (Å²) < 4.78 is 0. The van der Waals surface area contributed by atoms with E-state index in [-0.39, 0.29) is 6.61 Å². The van der Waals surface area contributed by atoms with Crippen molar-refractivity contribution >= 4 is 0 Å². The Labute approximate surface area is 240 Å². The minimum Gasteiger partial charge on any atom is -0.394 e. The molecule has 0 aliphatic carbocycles. The van der Waals surface area contributed by atoms with Gasteiger partial charge in [-0.15, -0.1) is 0 Å². The molecule has 1 atom stereocenters. The summed E-state index contributed by atoms with van der Waals surface area (Å²) in [7, 11) is 0. The predicted molar refractivity (Wildman–Crippen MR) is 168 cm³/mol. The molecule has 0 radical (unpaired) electrons. The van der Waals surface area contributed by atoms with Gasteiger partial charge in [0, 0.05) is 0 Å². The largest absolute Gasteiger partial charge is 0.394 e. The van der Waals surface area contributed by atoms with Crippen LogP contribution < -0.4 is 0 Å². The Morgan fingerprint density at radius 3 is 0.816 bits per heavy atom. The van der Waals surface area contributed by atoms with Gasteiger partial charge in [-0.3, -0.25) is 0 Å². The van der Waals surface area contributed by atoms with Crippen molar-refractivity contribution in [1.29, 1.82) is 0 Å². The molecule has 0 aromatic rings. The Morgan fingerprint density at radius 2 is 0.605 bits per heavy atom. The molecule has 0 heterocycles. The molecule has 0 aliphatic heterocycles. The number of aliphatic hydroxyl groups excluding tert-OH is 2. The van der Waals surface area contributed by atoms with Crippen LogP contribution in [-0.2, 0) is 0 Å². The summed E-state index contributed by atoms with van der Waals surface area (Å²) in [4.78, 5) is 0. The second-order valence-electron chi connectivity index (χ2n) is 12.5. The molecule has 0 unspecified atom stereocenters. The molecule has 3 N–H and O–H groups in total. The molecule has 38 heavy (non-hydrogen) atoms. The van der Waals surface area contributed by atoms with Crippen LogP contribution in [-0.4, -0.2) is 33.6 Å². The minimum absolute atomic E-state index is 0.340. The SMILES string of the molecule is CCCCCCCCCCCCCCCCC(O)(CCCCCCCCCCCCCCCC)[C@@H](O)CO. The molecule has 0 amide bonds. The lowest BCUT2D eigenvalue weighted by molar-refractivity contribution is -0.106. The highest BCUT2D eigenvalue weighted by molar-refractivity contribution is 4.86. The molecular formula is C35H72O3. The van der Waals surface area contributed by atoms with Gasteiger partial charge in [-0.05, 0) is 12.8 Å². The van der Waals surface area contributed by atoms with E-state index in [1.165, 1.54) is 154 Å². The Balaban J connectivity index is 3.66. The van der Waals surface area contributed by atoms with Crippen molar-refractivity contribution < 1.29 is 15.3 Å². The van der Waals surface area contributed by atoms with Crippen molar-refractivity contribution in [3.8, 4) is 0 Å². The number of hydrogen-bond acceptors (Lipinski definition) is 3. The zero-order chi connectivity index (χ0) is 28.0. The van der Waals surface area contributed by atoms with Gasteiger partial charge in [0.05, 0.1) is 12.2 Å². The number of rotatable bonds is 32. The van der Waals surface area contributed by atoms with E-state index in [1.807, 2.05) is 0 Å². The van der Waals surface area contributed by atoms with Crippen molar-refractivity contribution in [1.82, 2.24) is 0 Å². The third-order valence-electron chi connectivity index (χ3n) is 8.72. The molecule has 0 aliphatic rings. The summed E-state index contributed by atoms with van der Waals surface area (Å²) >= 11 is 0. The molecule has 3 heteroatoms. The quantitative estimate of drug-likeness (QED) is 0.0743. The third kappa shape index (κ3) is 24.9. The highest BCUT2D eigenvalue weighted by Gasteiger charge is 2.33. The lowest BCUT2D eigenvalue weighted by Gasteiger charge is -2.32. The fourth-order valence-electron chi connectivity index (χ4n) is 5.88. The molecule has 0 saturated heterocycles. The second-order valence-corrected chi connectivity index (χ2v) is 12.5. The van der Waals surface area contributed by atoms with E-state index in [9.17, 15) is 15.3 Å². The van der Waals surface area contributed by atoms with Crippen molar-refractivity contribution in [3.05, 3.63) is 0 Å². The zero-order valence-electron chi connectivity index (χ0n) is 26.3. The van der Waals surface area contributed by atoms with Crippen LogP contribution >= 0.6 is 0 Å². The van der Waals surface area contributed by atoms with Crippen LogP contribution in [0.25, 0.3) is 0 Å². The van der Waals surface area contributed by atoms with E-state index in [0.29, 0.717) is 12.8 Å². The zero-order valence-corrected chi connectivity index (χ0v) is 26.3. The lowest BCUT2D eigenvalue weighted by Crippen LogP contribution is -2.44. The maximum Gasteiger partial charge on any atom is 0.106 e. The average Bonchev–Trinajstić information content (AvgIpc) is 2.93. The van der Waals surface area contributed by atoms with Crippen molar-refractivity contribution in [2.75, 3.05) is 6.61 Å². The van der Waals surface area contributed by atoms with E-state index in [0.717, 1.165) is 25.7 Å². The molecule has 3 nitrogen and oxygen atoms in total. The van der Waals surface area contributed by atoms with Crippen LogP contribution in [0.15, 0.2) is 0 Å². The van der Waals surface area contributed by atoms with Crippen LogP contribution in [0.4, 0.5) is 0 Å². The van der Waals surface area contributed by atoms with Crippen LogP contribution in [0.3, 0.4) is 0 Å². The first-order valence-corrected chi connectivity index (χ1v) is 17.6. The van der Waals surface area contributed by atoms with Gasteiger partial charge < -0.3 is 15.3 Å². The Bertz CT molecular complexity index is 407. The minimum atomic E-state index is -1.11. The highest BCUT2D eigenvalue weighted by Crippen LogP contribution is 2.27. The molecule has 230 valence electrons. The summed E-state index contributed by atoms with van der Waals surface area (Å²) in [5.41, 5.74) is -1.11. The van der Waals surface area contributed by atoms with Gasteiger partial charge in [-0.2, -0.15) is 0 Å². The lowest BCUT2D eigenvalue weighted by atomic mass is 9.85. The van der Waals surface area contributed by atoms with Gasteiger partial charge in [-0.1, -0.05) is 194 Å². The first-order valence-electron chi connectivity index (χ1n) is 17.6. The fraction of sp³-hybridized carbons (Fsp3) is 1.00. The smallest absolute Gasteiger partial charge is 0.106 e. The van der Waals surface area contributed by atoms with Gasteiger partial charge in [0.25, 0.3) is 0 Å². The normalized spacial score (nSPS) is 12.9. The van der Waals surface area contributed by atoms with Gasteiger partial charge in [0.2, 0.25) is 0 Å². The number of aliphatic hydroxyl groups is 3. The first kappa shape index (κ1) is 37.9. The topological polar surface area (TPSA) is 60.7 Å². The maximum absolute atomic E-state index is 11.1. The summed E-state index contributed by atoms with van der Waals surface area (Å²) in [5.74, 6) is 0. The molecule has 0 aromatic carbocycles. The average molecular weight is 541 g/mol. The third-order valence-corrected chi connectivity index (χ3v) is 8.72. The van der Waals surface area contributed by atoms with E-state index in [2.05, 4.69) is 13.8 Å². The van der Waals surface area contributed by atoms with E-state index in [4.69, 9.17) is 0 Å². The fourth-order valence-corrected chi connectivity index (χ4v) is 5.88. The first-order chi connectivity index (χ1) is 18.6. The molecular weight excluding hydrogens is 468 g/mol. The van der Waals surface area contributed by atoms with Crippen molar-refractivity contribution in [2.45, 2.75) is 218 Å². The predicted octanol–water partition coefficient (Wildman–Crippen LogP) is 10.8. The van der Waals surface area contributed by atoms with Gasteiger partial charge in [0.15, 0.2) is 0 Å². The number of hydrogen-bond donors (Lipinski definition) is 3. The van der Waals surface area contributed by atoms with Crippen LogP contribution in [0.2, 0.25) is 0 Å². The Hall–Kier alpha value is -0.120. The number of unbranched alkanes of at least 4 members (excludes halogenated alkanes) is 26. The highest BCUT2D eigenvalue weighted by atomic mass is 16.4. The Kier molecular flexibility index (Phi) is 29.8. The maximum atomic E-state index is 11.1. The monoisotopic (exact) mass is 541 g/mol. The van der Waals surface area contributed by atoms with E-state index >= 15 is 0 Å². The van der Waals surface area contributed by atoms with Crippen LogP contribution in [0.1, 0.15) is 206 Å². The van der Waals surface area contributed by atoms with Gasteiger partial charge in [-0.25, -0.2) is 0 Å². The second kappa shape index (κ2) is 29.9. The van der Waals surface area contributed by atoms with Gasteiger partial charge >= 0.3 is 0 Å². The summed E-state index contributed by atoms with van der Waals surface area (Å²) in [6, 6.07) is 0. The molecule has 0 aromatic heterocycles. The van der Waals surface area contributed by atoms with Crippen molar-refractivity contribution in [2.24, 2.45) is 0 Å². The Morgan fingerprint density at radius 1 is 0.395 bits per heavy atom. The summed E-state index contributed by atoms with van der Waals surface area (Å²) in [6.45, 7) is 4.22. The molecule has 0 fully saturated rings. The summed E-state index contributed by atoms with van der Waals surface area (Å²) in [5, 5.41) is 30.8. The van der Waals surface area contributed by atoms with Crippen LogP contribution in [0, 0.1) is 0 Å². The standard InChI is InChI=1S/C35H72O3/c1-3-5-7-9-11-13-15-17-19-21-23-25-27-29-31-35(38,34(37)33-36)32-30-28-26-24-22-20-18-16-14-12-10-8-6-4-2/h34,36-38H,3-33H2,1-2H3/t34-/m0/s1. The molecule has 0 bridgehead atoms. The summed E-state index contributed by atoms with van der Waals surface area (Å²) in [6.07, 6.45) is 37.1. The van der Waals surface area contributed by atoms with Crippen molar-refractivity contribution in [3.63, 3.8) is 0 Å². The molecule has 0 rings (SSSR count). The van der Waals surface area contributed by atoms with E-state index < -0.39 is 11.7 Å². The molecule has 0 spiro atoms. The van der Waals surface area contributed by atoms with E-state index in [1.54, 1.807) is 0 Å². The molecule has 0 saturated carbocycles. The van der Waals surface area contributed by atoms with Gasteiger partial charge in [0.1, 0.15) is 6.10 Å².